The summed E-state index contributed by atoms with van der Waals surface area (Å²) < 4.78 is 0. The van der Waals surface area contributed by atoms with Gasteiger partial charge in [-0.2, -0.15) is 0 Å². The van der Waals surface area contributed by atoms with Crippen LogP contribution in [0.15, 0.2) is 12.2 Å². The number of unbranched alkanes of at least 4 members (excludes halogenated alkanes) is 6. The predicted molar refractivity (Wildman–Crippen MR) is 59.9 cm³/mol. The normalized spacial score (nSPS) is 17.0. The summed E-state index contributed by atoms with van der Waals surface area (Å²) >= 11 is 0. The van der Waals surface area contributed by atoms with Crippen molar-refractivity contribution in [3.63, 3.8) is 0 Å². The molecule has 1 saturated carbocycles. The van der Waals surface area contributed by atoms with Crippen LogP contribution in [0.3, 0.4) is 0 Å². The SMILES string of the molecule is CCCCCCCC/C=C/C1CC1. The van der Waals surface area contributed by atoms with Gasteiger partial charge < -0.3 is 0 Å². The summed E-state index contributed by atoms with van der Waals surface area (Å²) in [6, 6.07) is 0. The van der Waals surface area contributed by atoms with E-state index in [1.165, 1.54) is 57.8 Å². The van der Waals surface area contributed by atoms with Crippen molar-refractivity contribution < 1.29 is 0 Å². The van der Waals surface area contributed by atoms with Crippen LogP contribution in [0.5, 0.6) is 0 Å². The summed E-state index contributed by atoms with van der Waals surface area (Å²) in [5.74, 6) is 0.972. The van der Waals surface area contributed by atoms with Crippen molar-refractivity contribution in [3.8, 4) is 0 Å². The van der Waals surface area contributed by atoms with Gasteiger partial charge in [-0.05, 0) is 31.6 Å². The largest absolute Gasteiger partial charge is 0.0883 e. The van der Waals surface area contributed by atoms with Gasteiger partial charge in [0.2, 0.25) is 0 Å². The molecule has 0 aromatic rings. The second-order valence-corrected chi connectivity index (χ2v) is 4.32. The Hall–Kier alpha value is -0.260. The second kappa shape index (κ2) is 7.17. The highest BCUT2D eigenvalue weighted by Crippen LogP contribution is 2.30. The molecule has 0 aromatic carbocycles. The van der Waals surface area contributed by atoms with Crippen molar-refractivity contribution in [2.45, 2.75) is 64.7 Å². The maximum absolute atomic E-state index is 2.42. The Morgan fingerprint density at radius 2 is 1.69 bits per heavy atom. The molecule has 0 radical (unpaired) electrons. The van der Waals surface area contributed by atoms with Gasteiger partial charge in [-0.15, -0.1) is 0 Å². The molecule has 1 fully saturated rings. The number of hydrogen-bond donors (Lipinski definition) is 0. The maximum Gasteiger partial charge on any atom is -0.0233 e. The molecule has 0 spiro atoms. The molecule has 0 nitrogen and oxygen atoms in total. The highest BCUT2D eigenvalue weighted by atomic mass is 14.2. The van der Waals surface area contributed by atoms with Gasteiger partial charge >= 0.3 is 0 Å². The van der Waals surface area contributed by atoms with E-state index < -0.39 is 0 Å². The third-order valence-corrected chi connectivity index (χ3v) is 2.75. The maximum atomic E-state index is 2.42. The highest BCUT2D eigenvalue weighted by Gasteiger charge is 2.16. The third-order valence-electron chi connectivity index (χ3n) is 2.75. The average Bonchev–Trinajstić information content (AvgIpc) is 2.93. The Labute approximate surface area is 83.4 Å². The molecule has 0 aliphatic heterocycles. The fourth-order valence-electron chi connectivity index (χ4n) is 1.62. The smallest absolute Gasteiger partial charge is 0.0233 e. The summed E-state index contributed by atoms with van der Waals surface area (Å²) in [4.78, 5) is 0. The van der Waals surface area contributed by atoms with Gasteiger partial charge in [-0.1, -0.05) is 51.2 Å². The van der Waals surface area contributed by atoms with Crippen LogP contribution in [0.1, 0.15) is 64.7 Å². The quantitative estimate of drug-likeness (QED) is 0.375. The molecule has 1 rings (SSSR count). The molecular weight excluding hydrogens is 156 g/mol. The van der Waals surface area contributed by atoms with E-state index in [1.807, 2.05) is 0 Å². The summed E-state index contributed by atoms with van der Waals surface area (Å²) in [6.07, 6.45) is 17.6. The molecular formula is C13H24. The summed E-state index contributed by atoms with van der Waals surface area (Å²) in [7, 11) is 0. The fourth-order valence-corrected chi connectivity index (χ4v) is 1.62. The Balaban J connectivity index is 1.73. The van der Waals surface area contributed by atoms with Crippen LogP contribution < -0.4 is 0 Å². The summed E-state index contributed by atoms with van der Waals surface area (Å²) in [6.45, 7) is 2.28. The minimum absolute atomic E-state index is 0.972. The molecule has 0 amide bonds. The lowest BCUT2D eigenvalue weighted by Crippen LogP contribution is -1.77. The first kappa shape index (κ1) is 10.8. The minimum atomic E-state index is 0.972. The van der Waals surface area contributed by atoms with Gasteiger partial charge in [0.25, 0.3) is 0 Å². The second-order valence-electron chi connectivity index (χ2n) is 4.32. The van der Waals surface area contributed by atoms with Gasteiger partial charge in [0.1, 0.15) is 0 Å². The molecule has 0 bridgehead atoms. The van der Waals surface area contributed by atoms with E-state index >= 15 is 0 Å². The lowest BCUT2D eigenvalue weighted by molar-refractivity contribution is 0.611. The van der Waals surface area contributed by atoms with Gasteiger partial charge in [-0.25, -0.2) is 0 Å². The van der Waals surface area contributed by atoms with Crippen molar-refractivity contribution in [2.75, 3.05) is 0 Å². The Kier molecular flexibility index (Phi) is 5.97. The zero-order valence-electron chi connectivity index (χ0n) is 9.10. The molecule has 0 heterocycles. The predicted octanol–water partition coefficient (Wildman–Crippen LogP) is 4.70. The standard InChI is InChI=1S/C13H24/c1-2-3-4-5-6-7-8-9-10-13-11-12-13/h9-10,13H,2-8,11-12H2,1H3/b10-9+. The van der Waals surface area contributed by atoms with Gasteiger partial charge in [0.15, 0.2) is 0 Å². The molecule has 0 atom stereocenters. The van der Waals surface area contributed by atoms with E-state index in [0.29, 0.717) is 0 Å². The van der Waals surface area contributed by atoms with Crippen molar-refractivity contribution in [1.29, 1.82) is 0 Å². The molecule has 76 valence electrons. The molecule has 0 saturated heterocycles. The van der Waals surface area contributed by atoms with Crippen LogP contribution in [0.25, 0.3) is 0 Å². The Bertz CT molecular complexity index is 131. The minimum Gasteiger partial charge on any atom is -0.0883 e. The number of allylic oxidation sites excluding steroid dienone is 2. The van der Waals surface area contributed by atoms with Crippen molar-refractivity contribution in [3.05, 3.63) is 12.2 Å². The molecule has 0 aromatic heterocycles. The number of rotatable bonds is 8. The average molecular weight is 180 g/mol. The van der Waals surface area contributed by atoms with Gasteiger partial charge in [0.05, 0.1) is 0 Å². The first-order valence-electron chi connectivity index (χ1n) is 6.10. The summed E-state index contributed by atoms with van der Waals surface area (Å²) in [5.41, 5.74) is 0. The van der Waals surface area contributed by atoms with Crippen molar-refractivity contribution >= 4 is 0 Å². The zero-order valence-corrected chi connectivity index (χ0v) is 9.10. The number of hydrogen-bond acceptors (Lipinski definition) is 0. The van der Waals surface area contributed by atoms with E-state index in [2.05, 4.69) is 19.1 Å². The van der Waals surface area contributed by atoms with E-state index in [1.54, 1.807) is 0 Å². The van der Waals surface area contributed by atoms with Crippen LogP contribution >= 0.6 is 0 Å². The Morgan fingerprint density at radius 1 is 1.00 bits per heavy atom. The Morgan fingerprint density at radius 3 is 2.38 bits per heavy atom. The zero-order chi connectivity index (χ0) is 9.36. The lowest BCUT2D eigenvalue weighted by Gasteiger charge is -1.97. The lowest BCUT2D eigenvalue weighted by atomic mass is 10.1. The molecule has 1 aliphatic carbocycles. The first-order chi connectivity index (χ1) is 6.43. The summed E-state index contributed by atoms with van der Waals surface area (Å²) in [5, 5.41) is 0. The third kappa shape index (κ3) is 6.86. The molecule has 1 aliphatic rings. The van der Waals surface area contributed by atoms with Crippen LogP contribution in [-0.4, -0.2) is 0 Å². The van der Waals surface area contributed by atoms with Crippen LogP contribution in [0, 0.1) is 5.92 Å². The van der Waals surface area contributed by atoms with Crippen molar-refractivity contribution in [2.24, 2.45) is 5.92 Å². The fraction of sp³-hybridized carbons (Fsp3) is 0.846. The molecule has 0 heteroatoms. The van der Waals surface area contributed by atoms with Gasteiger partial charge in [-0.3, -0.25) is 0 Å². The highest BCUT2D eigenvalue weighted by molar-refractivity contribution is 4.95. The van der Waals surface area contributed by atoms with Crippen LogP contribution in [0.2, 0.25) is 0 Å². The van der Waals surface area contributed by atoms with E-state index in [-0.39, 0.29) is 0 Å². The van der Waals surface area contributed by atoms with E-state index in [4.69, 9.17) is 0 Å². The van der Waals surface area contributed by atoms with Crippen molar-refractivity contribution in [1.82, 2.24) is 0 Å². The topological polar surface area (TPSA) is 0 Å². The van der Waals surface area contributed by atoms with E-state index in [9.17, 15) is 0 Å². The molecule has 0 N–H and O–H groups in total. The molecule has 13 heavy (non-hydrogen) atoms. The van der Waals surface area contributed by atoms with E-state index in [0.717, 1.165) is 5.92 Å². The monoisotopic (exact) mass is 180 g/mol. The van der Waals surface area contributed by atoms with Crippen LogP contribution in [0.4, 0.5) is 0 Å². The van der Waals surface area contributed by atoms with Gasteiger partial charge in [0, 0.05) is 0 Å². The first-order valence-corrected chi connectivity index (χ1v) is 6.10. The van der Waals surface area contributed by atoms with Crippen LogP contribution in [-0.2, 0) is 0 Å². The molecule has 0 unspecified atom stereocenters.